The van der Waals surface area contributed by atoms with Crippen molar-refractivity contribution < 1.29 is 75.9 Å². The van der Waals surface area contributed by atoms with Gasteiger partial charge in [-0.3, -0.25) is 28.8 Å². The van der Waals surface area contributed by atoms with E-state index in [1.54, 1.807) is 75.3 Å². The SMILES string of the molecule is CC[C@@]1(OC(=O)[C@@H](NC(=O)[C@@H]2CCCN2C(=O)[C@H](CC(=O)OC(C)(C)C)NC(=O)CCOCCOCCOCCNC(=O)OC(C)(C)C)C(C)C)C(=O)OCc2c1cc1n(c2=O)Cc2c-1nc1cc(F)c(C)c3c1c2[C@@H](NC(C)=O)CC3. The first-order valence-corrected chi connectivity index (χ1v) is 28.1. The van der Waals surface area contributed by atoms with Crippen LogP contribution in [0.4, 0.5) is 9.18 Å². The predicted molar refractivity (Wildman–Crippen MR) is 293 cm³/mol. The molecule has 1 fully saturated rings. The Labute approximate surface area is 475 Å². The highest BCUT2D eigenvalue weighted by Crippen LogP contribution is 2.47. The maximum atomic E-state index is 15.5. The number of esters is 3. The molecule has 0 bridgehead atoms. The standard InChI is InChI=1S/C58H78FN7O16/c1-12-58(37-26-43-49-35(29-66(43)51(71)36(37)30-79-54(58)74)47-39(61-33(5)67)16-15-34-32(4)38(59)27-40(63-49)46(34)47)81-53(73)48(31(2)3)64-50(70)42-14-13-19-65(42)52(72)41(28-45(69)80-56(6,7)8)62-44(68)17-20-76-22-24-78-25-23-77-21-18-60-55(75)82-57(9,10)11/h26-27,31,39,41-42,48H,12-25,28-30H2,1-11H3,(H,60,75)(H,61,67)(H,62,68)(H,64,70)/t39-,41-,42-,48-,58-/m0/s1. The second-order valence-corrected chi connectivity index (χ2v) is 23.3. The molecule has 0 saturated carbocycles. The van der Waals surface area contributed by atoms with E-state index >= 15 is 4.39 Å². The number of cyclic esters (lactones) is 1. The topological polar surface area (TPSA) is 287 Å². The number of nitrogens with one attached hydrogen (secondary N) is 4. The molecule has 0 radical (unpaired) electrons. The fourth-order valence-electron chi connectivity index (χ4n) is 10.8. The number of halogens is 1. The van der Waals surface area contributed by atoms with E-state index in [4.69, 9.17) is 38.1 Å². The quantitative estimate of drug-likeness (QED) is 0.0451. The number of alkyl carbamates (subject to hydrolysis) is 1. The van der Waals surface area contributed by atoms with Crippen molar-refractivity contribution in [2.24, 2.45) is 5.92 Å². The van der Waals surface area contributed by atoms with Gasteiger partial charge in [-0.1, -0.05) is 20.8 Å². The van der Waals surface area contributed by atoms with Crippen molar-refractivity contribution in [3.63, 3.8) is 0 Å². The molecule has 4 N–H and O–H groups in total. The van der Waals surface area contributed by atoms with Gasteiger partial charge in [0.05, 0.1) is 81.1 Å². The number of pyridine rings is 2. The van der Waals surface area contributed by atoms with Crippen LogP contribution in [0.5, 0.6) is 0 Å². The maximum Gasteiger partial charge on any atom is 0.407 e. The van der Waals surface area contributed by atoms with Crippen molar-refractivity contribution in [1.29, 1.82) is 0 Å². The first-order chi connectivity index (χ1) is 38.6. The number of carbonyl (C=O) groups is 8. The molecule has 5 amide bonds. The Hall–Kier alpha value is -7.05. The summed E-state index contributed by atoms with van der Waals surface area (Å²) in [5.41, 5.74) is -0.531. The number of benzene rings is 1. The first kappa shape index (κ1) is 62.5. The van der Waals surface area contributed by atoms with Gasteiger partial charge >= 0.3 is 24.0 Å². The molecular weight excluding hydrogens is 1070 g/mol. The van der Waals surface area contributed by atoms with Crippen molar-refractivity contribution in [2.45, 2.75) is 175 Å². The molecule has 23 nitrogen and oxygen atoms in total. The van der Waals surface area contributed by atoms with E-state index in [2.05, 4.69) is 21.3 Å². The van der Waals surface area contributed by atoms with Gasteiger partial charge in [-0.25, -0.2) is 23.8 Å². The van der Waals surface area contributed by atoms with Crippen molar-refractivity contribution in [1.82, 2.24) is 35.7 Å². The molecule has 7 rings (SSSR count). The highest BCUT2D eigenvalue weighted by Gasteiger charge is 2.52. The highest BCUT2D eigenvalue weighted by atomic mass is 19.1. The summed E-state index contributed by atoms with van der Waals surface area (Å²) in [5.74, 6) is -6.21. The van der Waals surface area contributed by atoms with E-state index in [9.17, 15) is 43.2 Å². The zero-order valence-corrected chi connectivity index (χ0v) is 48.8. The van der Waals surface area contributed by atoms with Crippen LogP contribution in [0.15, 0.2) is 16.9 Å². The molecule has 1 aromatic carbocycles. The number of carbonyl (C=O) groups excluding carboxylic acids is 8. The number of likely N-dealkylation sites (tertiary alicyclic amines) is 1. The zero-order valence-electron chi connectivity index (χ0n) is 48.8. The molecule has 3 aliphatic heterocycles. The molecule has 5 atom stereocenters. The van der Waals surface area contributed by atoms with Gasteiger partial charge in [-0.2, -0.15) is 0 Å². The molecule has 82 heavy (non-hydrogen) atoms. The monoisotopic (exact) mass is 1150 g/mol. The van der Waals surface area contributed by atoms with Gasteiger partial charge in [0.25, 0.3) is 5.56 Å². The normalized spacial score (nSPS) is 18.8. The summed E-state index contributed by atoms with van der Waals surface area (Å²) in [4.78, 5) is 129. The highest BCUT2D eigenvalue weighted by molar-refractivity contribution is 5.97. The average molecular weight is 1150 g/mol. The van der Waals surface area contributed by atoms with Gasteiger partial charge in [0, 0.05) is 49.0 Å². The molecule has 5 heterocycles. The molecule has 1 saturated heterocycles. The van der Waals surface area contributed by atoms with Crippen LogP contribution in [0.2, 0.25) is 0 Å². The minimum Gasteiger partial charge on any atom is -0.460 e. The Bertz CT molecular complexity index is 3040. The molecule has 0 unspecified atom stereocenters. The number of ether oxygens (including phenoxy) is 7. The van der Waals surface area contributed by atoms with E-state index in [0.29, 0.717) is 47.0 Å². The molecule has 3 aromatic rings. The fourth-order valence-corrected chi connectivity index (χ4v) is 10.8. The molecule has 2 aromatic heterocycles. The largest absolute Gasteiger partial charge is 0.460 e. The van der Waals surface area contributed by atoms with Gasteiger partial charge < -0.3 is 63.9 Å². The summed E-state index contributed by atoms with van der Waals surface area (Å²) >= 11 is 0. The first-order valence-electron chi connectivity index (χ1n) is 28.1. The summed E-state index contributed by atoms with van der Waals surface area (Å²) in [7, 11) is 0. The number of rotatable bonds is 23. The summed E-state index contributed by atoms with van der Waals surface area (Å²) < 4.78 is 56.0. The minimum atomic E-state index is -2.18. The van der Waals surface area contributed by atoms with Crippen LogP contribution in [-0.2, 0) is 91.9 Å². The van der Waals surface area contributed by atoms with Crippen molar-refractivity contribution in [3.8, 4) is 11.4 Å². The smallest absolute Gasteiger partial charge is 0.407 e. The maximum absolute atomic E-state index is 15.5. The number of hydrogen-bond acceptors (Lipinski definition) is 17. The number of nitrogens with zero attached hydrogens (tertiary/aromatic N) is 3. The second-order valence-electron chi connectivity index (χ2n) is 23.3. The Morgan fingerprint density at radius 2 is 1.55 bits per heavy atom. The Morgan fingerprint density at radius 3 is 2.20 bits per heavy atom. The van der Waals surface area contributed by atoms with Crippen LogP contribution < -0.4 is 26.8 Å². The third-order valence-electron chi connectivity index (χ3n) is 14.6. The average Bonchev–Trinajstić information content (AvgIpc) is 1.63. The van der Waals surface area contributed by atoms with Gasteiger partial charge in [0.2, 0.25) is 29.2 Å². The van der Waals surface area contributed by atoms with Gasteiger partial charge in [0.1, 0.15) is 41.8 Å². The van der Waals surface area contributed by atoms with E-state index in [1.165, 1.54) is 22.5 Å². The number of fused-ring (bicyclic) bond motifs is 5. The van der Waals surface area contributed by atoms with E-state index < -0.39 is 113 Å². The molecule has 448 valence electrons. The van der Waals surface area contributed by atoms with Crippen LogP contribution >= 0.6 is 0 Å². The Morgan fingerprint density at radius 1 is 0.878 bits per heavy atom. The molecule has 0 spiro atoms. The summed E-state index contributed by atoms with van der Waals surface area (Å²) in [6, 6.07) is -1.55. The number of amides is 5. The number of hydrogen-bond donors (Lipinski definition) is 4. The summed E-state index contributed by atoms with van der Waals surface area (Å²) in [6.45, 7) is 19.3. The Kier molecular flexibility index (Phi) is 19.9. The molecule has 4 aliphatic rings. The minimum absolute atomic E-state index is 0.0493. The Balaban J connectivity index is 1.02. The number of aryl methyl sites for hydroxylation is 1. The predicted octanol–water partition coefficient (Wildman–Crippen LogP) is 4.51. The van der Waals surface area contributed by atoms with Gasteiger partial charge in [0.15, 0.2) is 0 Å². The van der Waals surface area contributed by atoms with Crippen LogP contribution in [0, 0.1) is 18.7 Å². The van der Waals surface area contributed by atoms with Crippen molar-refractivity contribution >= 4 is 58.5 Å². The molecule has 1 aliphatic carbocycles. The lowest BCUT2D eigenvalue weighted by atomic mass is 9.81. The lowest BCUT2D eigenvalue weighted by Gasteiger charge is -2.37. The van der Waals surface area contributed by atoms with E-state index in [1.807, 2.05) is 0 Å². The summed E-state index contributed by atoms with van der Waals surface area (Å²) in [6.07, 6.45) is 0.0208. The van der Waals surface area contributed by atoms with Crippen LogP contribution in [0.25, 0.3) is 22.3 Å². The fraction of sp³-hybridized carbons (Fsp3) is 0.621. The van der Waals surface area contributed by atoms with Crippen LogP contribution in [0.1, 0.15) is 147 Å². The van der Waals surface area contributed by atoms with Crippen molar-refractivity contribution in [3.05, 3.63) is 61.7 Å². The molecular formula is C58H78FN7O16. The van der Waals surface area contributed by atoms with Gasteiger partial charge in [-0.05, 0) is 109 Å². The summed E-state index contributed by atoms with van der Waals surface area (Å²) in [5, 5.41) is 11.7. The van der Waals surface area contributed by atoms with E-state index in [0.717, 1.165) is 11.1 Å². The third-order valence-corrected chi connectivity index (χ3v) is 14.6. The third kappa shape index (κ3) is 14.4. The lowest BCUT2D eigenvalue weighted by molar-refractivity contribution is -0.191. The zero-order chi connectivity index (χ0) is 60.0. The van der Waals surface area contributed by atoms with Crippen LogP contribution in [0.3, 0.4) is 0 Å². The lowest BCUT2D eigenvalue weighted by Crippen LogP contribution is -2.57. The van der Waals surface area contributed by atoms with Gasteiger partial charge in [-0.15, -0.1) is 0 Å². The number of aromatic nitrogens is 2. The van der Waals surface area contributed by atoms with Crippen molar-refractivity contribution in [2.75, 3.05) is 52.7 Å². The molecule has 24 heteroatoms. The van der Waals surface area contributed by atoms with Crippen LogP contribution in [-0.4, -0.2) is 144 Å². The second kappa shape index (κ2) is 26.0. The van der Waals surface area contributed by atoms with E-state index in [-0.39, 0.29) is 101 Å².